The van der Waals surface area contributed by atoms with Crippen molar-refractivity contribution in [1.82, 2.24) is 14.9 Å². The van der Waals surface area contributed by atoms with Gasteiger partial charge in [0.05, 0.1) is 22.2 Å². The number of rotatable bonds is 3. The minimum atomic E-state index is -0.793. The normalized spacial score (nSPS) is 14.4. The van der Waals surface area contributed by atoms with Gasteiger partial charge in [-0.3, -0.25) is 10.1 Å². The summed E-state index contributed by atoms with van der Waals surface area (Å²) in [5.74, 6) is -0.588. The molecule has 8 heteroatoms. The van der Waals surface area contributed by atoms with E-state index in [1.807, 2.05) is 7.05 Å². The molecule has 1 aliphatic heterocycles. The first-order valence-electron chi connectivity index (χ1n) is 7.09. The molecule has 0 amide bonds. The summed E-state index contributed by atoms with van der Waals surface area (Å²) < 4.78 is 19.7. The lowest BCUT2D eigenvalue weighted by atomic mass is 10.1. The number of nitrogens with zero attached hydrogens (tertiary/aromatic N) is 4. The van der Waals surface area contributed by atoms with Gasteiger partial charge in [-0.1, -0.05) is 0 Å². The second-order valence-corrected chi connectivity index (χ2v) is 5.52. The molecule has 2 aromatic rings. The average Bonchev–Trinajstić information content (AvgIpc) is 2.50. The summed E-state index contributed by atoms with van der Waals surface area (Å²) >= 11 is 0. The number of benzene rings is 1. The average molecular weight is 318 g/mol. The number of aryl methyl sites for hydroxylation is 1. The molecular formula is C15H15FN4O3. The Kier molecular flexibility index (Phi) is 3.91. The molecule has 0 fully saturated rings. The SMILES string of the molecule is Cc1cc(Oc2ncnc3c2CN(C)CC3)c(F)cc1[N+](=O)[O-]. The highest BCUT2D eigenvalue weighted by Crippen LogP contribution is 2.32. The maximum atomic E-state index is 14.1. The van der Waals surface area contributed by atoms with Gasteiger partial charge >= 0.3 is 0 Å². The van der Waals surface area contributed by atoms with Crippen molar-refractivity contribution >= 4 is 5.69 Å². The standard InChI is InChI=1S/C15H15FN4O3/c1-9-5-14(11(16)6-13(9)20(21)22)23-15-10-7-19(2)4-3-12(10)17-8-18-15/h5-6,8H,3-4,7H2,1-2H3. The van der Waals surface area contributed by atoms with Crippen LogP contribution in [0.5, 0.6) is 11.6 Å². The van der Waals surface area contributed by atoms with E-state index in [-0.39, 0.29) is 17.3 Å². The summed E-state index contributed by atoms with van der Waals surface area (Å²) in [5, 5.41) is 10.8. The van der Waals surface area contributed by atoms with Gasteiger partial charge < -0.3 is 9.64 Å². The maximum Gasteiger partial charge on any atom is 0.275 e. The minimum Gasteiger partial charge on any atom is -0.435 e. The van der Waals surface area contributed by atoms with E-state index in [4.69, 9.17) is 4.74 Å². The number of aromatic nitrogens is 2. The molecule has 0 saturated heterocycles. The molecule has 0 aliphatic carbocycles. The van der Waals surface area contributed by atoms with Crippen LogP contribution in [0.2, 0.25) is 0 Å². The Bertz CT molecular complexity index is 782. The highest BCUT2D eigenvalue weighted by atomic mass is 19.1. The van der Waals surface area contributed by atoms with Crippen molar-refractivity contribution in [1.29, 1.82) is 0 Å². The van der Waals surface area contributed by atoms with Crippen LogP contribution >= 0.6 is 0 Å². The van der Waals surface area contributed by atoms with E-state index in [0.29, 0.717) is 12.1 Å². The van der Waals surface area contributed by atoms with Crippen LogP contribution in [-0.4, -0.2) is 33.4 Å². The lowest BCUT2D eigenvalue weighted by Crippen LogP contribution is -2.27. The Balaban J connectivity index is 1.97. The second-order valence-electron chi connectivity index (χ2n) is 5.52. The first-order chi connectivity index (χ1) is 11.0. The third-order valence-electron chi connectivity index (χ3n) is 3.81. The lowest BCUT2D eigenvalue weighted by molar-refractivity contribution is -0.385. The monoisotopic (exact) mass is 318 g/mol. The van der Waals surface area contributed by atoms with Crippen molar-refractivity contribution in [3.8, 4) is 11.6 Å². The number of fused-ring (bicyclic) bond motifs is 1. The largest absolute Gasteiger partial charge is 0.435 e. The topological polar surface area (TPSA) is 81.4 Å². The number of likely N-dealkylation sites (N-methyl/N-ethyl adjacent to an activating group) is 1. The zero-order valence-corrected chi connectivity index (χ0v) is 12.7. The molecule has 0 atom stereocenters. The molecule has 0 N–H and O–H groups in total. The first-order valence-corrected chi connectivity index (χ1v) is 7.09. The van der Waals surface area contributed by atoms with Crippen molar-refractivity contribution in [2.24, 2.45) is 0 Å². The van der Waals surface area contributed by atoms with Crippen molar-refractivity contribution in [2.75, 3.05) is 13.6 Å². The van der Waals surface area contributed by atoms with Crippen LogP contribution in [0.1, 0.15) is 16.8 Å². The molecule has 0 spiro atoms. The van der Waals surface area contributed by atoms with Crippen molar-refractivity contribution < 1.29 is 14.1 Å². The molecule has 3 rings (SSSR count). The van der Waals surface area contributed by atoms with Crippen LogP contribution < -0.4 is 4.74 Å². The molecule has 2 heterocycles. The van der Waals surface area contributed by atoms with E-state index in [9.17, 15) is 14.5 Å². The number of ether oxygens (including phenoxy) is 1. The number of nitro benzene ring substituents is 1. The van der Waals surface area contributed by atoms with Gasteiger partial charge in [0.15, 0.2) is 11.6 Å². The van der Waals surface area contributed by atoms with Gasteiger partial charge in [-0.05, 0) is 20.0 Å². The lowest BCUT2D eigenvalue weighted by Gasteiger charge is -2.25. The fourth-order valence-corrected chi connectivity index (χ4v) is 2.56. The van der Waals surface area contributed by atoms with Gasteiger partial charge in [0.25, 0.3) is 5.69 Å². The first kappa shape index (κ1) is 15.3. The molecule has 1 aliphatic rings. The number of hydrogen-bond acceptors (Lipinski definition) is 6. The van der Waals surface area contributed by atoms with Crippen molar-refractivity contribution in [3.63, 3.8) is 0 Å². The Labute approximate surface area is 131 Å². The summed E-state index contributed by atoms with van der Waals surface area (Å²) in [6.45, 7) is 3.03. The Hall–Kier alpha value is -2.61. The van der Waals surface area contributed by atoms with Gasteiger partial charge in [-0.15, -0.1) is 0 Å². The molecule has 23 heavy (non-hydrogen) atoms. The third kappa shape index (κ3) is 2.98. The zero-order chi connectivity index (χ0) is 16.6. The summed E-state index contributed by atoms with van der Waals surface area (Å²) in [6.07, 6.45) is 2.15. The van der Waals surface area contributed by atoms with Gasteiger partial charge in [0.2, 0.25) is 5.88 Å². The summed E-state index contributed by atoms with van der Waals surface area (Å²) in [4.78, 5) is 20.6. The summed E-state index contributed by atoms with van der Waals surface area (Å²) in [6, 6.07) is 2.18. The van der Waals surface area contributed by atoms with Crippen LogP contribution in [0.4, 0.5) is 10.1 Å². The Morgan fingerprint density at radius 1 is 1.39 bits per heavy atom. The van der Waals surface area contributed by atoms with E-state index in [2.05, 4.69) is 14.9 Å². The molecule has 0 saturated carbocycles. The van der Waals surface area contributed by atoms with Gasteiger partial charge in [0, 0.05) is 25.1 Å². The molecule has 0 radical (unpaired) electrons. The van der Waals surface area contributed by atoms with Crippen LogP contribution in [-0.2, 0) is 13.0 Å². The summed E-state index contributed by atoms with van der Waals surface area (Å²) in [5.41, 5.74) is 1.74. The Morgan fingerprint density at radius 3 is 2.91 bits per heavy atom. The van der Waals surface area contributed by atoms with Gasteiger partial charge in [0.1, 0.15) is 6.33 Å². The van der Waals surface area contributed by atoms with E-state index in [1.165, 1.54) is 19.3 Å². The molecule has 120 valence electrons. The molecule has 0 bridgehead atoms. The quantitative estimate of drug-likeness (QED) is 0.639. The highest BCUT2D eigenvalue weighted by Gasteiger charge is 2.22. The summed E-state index contributed by atoms with van der Waals surface area (Å²) in [7, 11) is 1.97. The van der Waals surface area contributed by atoms with Crippen molar-refractivity contribution in [2.45, 2.75) is 19.9 Å². The van der Waals surface area contributed by atoms with Crippen LogP contribution in [0.3, 0.4) is 0 Å². The van der Waals surface area contributed by atoms with Crippen LogP contribution in [0.15, 0.2) is 18.5 Å². The number of halogens is 1. The fourth-order valence-electron chi connectivity index (χ4n) is 2.56. The maximum absolute atomic E-state index is 14.1. The predicted molar refractivity (Wildman–Crippen MR) is 79.9 cm³/mol. The molecule has 7 nitrogen and oxygen atoms in total. The van der Waals surface area contributed by atoms with Gasteiger partial charge in [-0.25, -0.2) is 14.4 Å². The molecule has 1 aromatic carbocycles. The minimum absolute atomic E-state index is 0.0813. The molecule has 1 aromatic heterocycles. The predicted octanol–water partition coefficient (Wildman–Crippen LogP) is 2.61. The number of hydrogen-bond donors (Lipinski definition) is 0. The van der Waals surface area contributed by atoms with Crippen LogP contribution in [0.25, 0.3) is 0 Å². The van der Waals surface area contributed by atoms with Gasteiger partial charge in [-0.2, -0.15) is 0 Å². The fraction of sp³-hybridized carbons (Fsp3) is 0.333. The van der Waals surface area contributed by atoms with Crippen LogP contribution in [0, 0.1) is 22.9 Å². The van der Waals surface area contributed by atoms with E-state index >= 15 is 0 Å². The second kappa shape index (κ2) is 5.88. The zero-order valence-electron chi connectivity index (χ0n) is 12.7. The highest BCUT2D eigenvalue weighted by molar-refractivity contribution is 5.47. The van der Waals surface area contributed by atoms with E-state index in [0.717, 1.165) is 30.3 Å². The Morgan fingerprint density at radius 2 is 2.17 bits per heavy atom. The van der Waals surface area contributed by atoms with Crippen molar-refractivity contribution in [3.05, 3.63) is 51.2 Å². The smallest absolute Gasteiger partial charge is 0.275 e. The molecular weight excluding hydrogens is 303 g/mol. The number of nitro groups is 1. The molecule has 0 unspecified atom stereocenters. The van der Waals surface area contributed by atoms with E-state index in [1.54, 1.807) is 0 Å². The van der Waals surface area contributed by atoms with E-state index < -0.39 is 10.7 Å². The third-order valence-corrected chi connectivity index (χ3v) is 3.81.